The Bertz CT molecular complexity index is 187. The van der Waals surface area contributed by atoms with Crippen LogP contribution < -0.4 is 12.4 Å². The molecule has 0 aliphatic heterocycles. The van der Waals surface area contributed by atoms with Crippen LogP contribution in [0.15, 0.2) is 10.8 Å². The van der Waals surface area contributed by atoms with Crippen molar-refractivity contribution in [2.75, 3.05) is 0 Å². The molecule has 12 heavy (non-hydrogen) atoms. The van der Waals surface area contributed by atoms with Gasteiger partial charge in [-0.1, -0.05) is 24.9 Å². The summed E-state index contributed by atoms with van der Waals surface area (Å²) in [6.45, 7) is 1.99. The van der Waals surface area contributed by atoms with Gasteiger partial charge in [0, 0.05) is 10.8 Å². The summed E-state index contributed by atoms with van der Waals surface area (Å²) in [5.41, 5.74) is 0. The first-order chi connectivity index (χ1) is 4.95. The van der Waals surface area contributed by atoms with Gasteiger partial charge >= 0.3 is 7.60 Å². The summed E-state index contributed by atoms with van der Waals surface area (Å²) in [4.78, 5) is 16.9. The Morgan fingerprint density at radius 1 is 1.58 bits per heavy atom. The van der Waals surface area contributed by atoms with E-state index >= 15 is 0 Å². The Balaban J connectivity index is 0. The molecule has 0 atom stereocenters. The van der Waals surface area contributed by atoms with E-state index in [-0.39, 0.29) is 17.4 Å². The zero-order valence-corrected chi connectivity index (χ0v) is 9.11. The molecule has 2 N–H and O–H groups in total. The molecule has 74 valence electrons. The number of hydrogen-bond donors (Lipinski definition) is 2. The topological polar surface area (TPSA) is 57.5 Å². The number of allylic oxidation sites excluding steroid dienone is 1. The molecule has 0 fully saturated rings. The molecule has 0 aromatic carbocycles. The Labute approximate surface area is 83.4 Å². The molecule has 0 saturated heterocycles. The molecule has 3 nitrogen and oxygen atoms in total. The highest BCUT2D eigenvalue weighted by Crippen LogP contribution is 2.39. The number of rotatable bonds is 4. The predicted molar refractivity (Wildman–Crippen MR) is 45.5 cm³/mol. The average molecular weight is 234 g/mol. The molecular weight excluding hydrogens is 222 g/mol. The van der Waals surface area contributed by atoms with Gasteiger partial charge in [-0.25, -0.2) is 0 Å². The van der Waals surface area contributed by atoms with E-state index in [1.165, 1.54) is 0 Å². The van der Waals surface area contributed by atoms with Gasteiger partial charge in [0.2, 0.25) is 0 Å². The highest BCUT2D eigenvalue weighted by molar-refractivity contribution is 7.55. The summed E-state index contributed by atoms with van der Waals surface area (Å²) in [6.07, 6.45) is 2.36. The molecule has 0 rings (SSSR count). The first-order valence-corrected chi connectivity index (χ1v) is 5.44. The molecule has 6 heteroatoms. The van der Waals surface area contributed by atoms with Gasteiger partial charge in [-0.15, -0.1) is 0 Å². The largest absolute Gasteiger partial charge is 1.00 e. The van der Waals surface area contributed by atoms with Gasteiger partial charge in [0.05, 0.1) is 0 Å². The van der Waals surface area contributed by atoms with Crippen molar-refractivity contribution < 1.29 is 26.8 Å². The first kappa shape index (κ1) is 15.0. The van der Waals surface area contributed by atoms with Crippen molar-refractivity contribution in [1.82, 2.24) is 0 Å². The average Bonchev–Trinajstić information content (AvgIpc) is 1.79. The van der Waals surface area contributed by atoms with Crippen LogP contribution in [0, 0.1) is 0 Å². The second-order valence-corrected chi connectivity index (χ2v) is 4.19. The summed E-state index contributed by atoms with van der Waals surface area (Å²) in [7, 11) is -4.06. The summed E-state index contributed by atoms with van der Waals surface area (Å²) < 4.78 is 10.3. The fourth-order valence-electron chi connectivity index (χ4n) is 0.593. The number of unbranched alkanes of at least 4 members (excludes halogenated alkanes) is 1. The summed E-state index contributed by atoms with van der Waals surface area (Å²) >= 11 is 5.51. The zero-order chi connectivity index (χ0) is 8.91. The van der Waals surface area contributed by atoms with E-state index < -0.39 is 7.60 Å². The molecule has 0 amide bonds. The van der Waals surface area contributed by atoms with Crippen LogP contribution in [-0.4, -0.2) is 9.79 Å². The molecule has 0 saturated carbocycles. The van der Waals surface area contributed by atoms with Gasteiger partial charge in [0.1, 0.15) is 0 Å². The maximum Gasteiger partial charge on any atom is 0.350 e. The van der Waals surface area contributed by atoms with Crippen molar-refractivity contribution in [3.63, 3.8) is 0 Å². The lowest BCUT2D eigenvalue weighted by molar-refractivity contribution is -0.00000749. The van der Waals surface area contributed by atoms with Crippen LogP contribution in [0.5, 0.6) is 0 Å². The van der Waals surface area contributed by atoms with Crippen molar-refractivity contribution in [2.45, 2.75) is 26.2 Å². The molecule has 0 radical (unpaired) electrons. The smallest absolute Gasteiger partial charge is 0.350 e. The van der Waals surface area contributed by atoms with Crippen molar-refractivity contribution >= 4 is 19.2 Å². The Hall–Kier alpha value is 0.470. The standard InChI is InChI=1S/C6H12ClO3P.ClH/c1-2-3-4-6(7)5-11(8,9)10;/h5H,2-4H2,1H3,(H2,8,9,10);1H/p-1/b6-5-;. The van der Waals surface area contributed by atoms with E-state index in [2.05, 4.69) is 0 Å². The molecule has 0 unspecified atom stereocenters. The molecule has 0 heterocycles. The first-order valence-electron chi connectivity index (χ1n) is 3.38. The second kappa shape index (κ2) is 6.93. The third kappa shape index (κ3) is 10.5. The van der Waals surface area contributed by atoms with Crippen LogP contribution >= 0.6 is 19.2 Å². The normalized spacial score (nSPS) is 12.5. The highest BCUT2D eigenvalue weighted by Gasteiger charge is 2.08. The van der Waals surface area contributed by atoms with E-state index in [9.17, 15) is 4.57 Å². The Morgan fingerprint density at radius 2 is 2.08 bits per heavy atom. The summed E-state index contributed by atoms with van der Waals surface area (Å²) in [5, 5.41) is 0.250. The third-order valence-electron chi connectivity index (χ3n) is 1.08. The van der Waals surface area contributed by atoms with Crippen LogP contribution in [0.1, 0.15) is 26.2 Å². The number of hydrogen-bond acceptors (Lipinski definition) is 1. The fraction of sp³-hybridized carbons (Fsp3) is 0.667. The zero-order valence-electron chi connectivity index (χ0n) is 6.70. The highest BCUT2D eigenvalue weighted by atomic mass is 35.5. The molecule has 0 spiro atoms. The second-order valence-electron chi connectivity index (χ2n) is 2.27. The Kier molecular flexibility index (Phi) is 8.64. The monoisotopic (exact) mass is 233 g/mol. The van der Waals surface area contributed by atoms with Crippen LogP contribution in [0.2, 0.25) is 0 Å². The quantitative estimate of drug-likeness (QED) is 0.641. The van der Waals surface area contributed by atoms with Crippen LogP contribution in [0.3, 0.4) is 0 Å². The minimum atomic E-state index is -4.06. The third-order valence-corrected chi connectivity index (χ3v) is 2.18. The minimum absolute atomic E-state index is 0. The van der Waals surface area contributed by atoms with E-state index in [4.69, 9.17) is 21.4 Å². The van der Waals surface area contributed by atoms with Crippen LogP contribution in [0.25, 0.3) is 0 Å². The molecule has 0 aliphatic rings. The Morgan fingerprint density at radius 3 is 2.42 bits per heavy atom. The molecule has 0 aromatic heterocycles. The lowest BCUT2D eigenvalue weighted by Crippen LogP contribution is -3.00. The van der Waals surface area contributed by atoms with Crippen molar-refractivity contribution in [1.29, 1.82) is 0 Å². The molecule has 0 aromatic rings. The lowest BCUT2D eigenvalue weighted by atomic mass is 10.2. The maximum absolute atomic E-state index is 10.3. The summed E-state index contributed by atoms with van der Waals surface area (Å²) in [6, 6.07) is 0. The molecular formula is C6H12Cl2O3P-. The van der Waals surface area contributed by atoms with Gasteiger partial charge in [0.25, 0.3) is 0 Å². The van der Waals surface area contributed by atoms with Gasteiger partial charge < -0.3 is 22.2 Å². The van der Waals surface area contributed by atoms with Crippen molar-refractivity contribution in [3.05, 3.63) is 10.8 Å². The van der Waals surface area contributed by atoms with Crippen molar-refractivity contribution in [2.24, 2.45) is 0 Å². The maximum atomic E-state index is 10.3. The lowest BCUT2D eigenvalue weighted by Gasteiger charge is -1.98. The molecule has 0 bridgehead atoms. The van der Waals surface area contributed by atoms with E-state index in [1.54, 1.807) is 0 Å². The predicted octanol–water partition coefficient (Wildman–Crippen LogP) is -0.561. The molecule has 0 aliphatic carbocycles. The fourth-order valence-corrected chi connectivity index (χ4v) is 1.60. The van der Waals surface area contributed by atoms with Gasteiger partial charge in [0.15, 0.2) is 0 Å². The number of halogens is 2. The SMILES string of the molecule is CCCC/C(Cl)=C/P(=O)(O)O.[Cl-]. The van der Waals surface area contributed by atoms with E-state index in [0.717, 1.165) is 18.7 Å². The van der Waals surface area contributed by atoms with Crippen LogP contribution in [0.4, 0.5) is 0 Å². The van der Waals surface area contributed by atoms with E-state index in [1.807, 2.05) is 6.92 Å². The van der Waals surface area contributed by atoms with Gasteiger partial charge in [-0.2, -0.15) is 0 Å². The van der Waals surface area contributed by atoms with Crippen LogP contribution in [-0.2, 0) is 4.57 Å². The minimum Gasteiger partial charge on any atom is -1.00 e. The van der Waals surface area contributed by atoms with Crippen molar-refractivity contribution in [3.8, 4) is 0 Å². The van der Waals surface area contributed by atoms with E-state index in [0.29, 0.717) is 6.42 Å². The van der Waals surface area contributed by atoms with Gasteiger partial charge in [-0.05, 0) is 12.8 Å². The van der Waals surface area contributed by atoms with Gasteiger partial charge in [-0.3, -0.25) is 4.57 Å². The summed E-state index contributed by atoms with van der Waals surface area (Å²) in [5.74, 6) is 0.810.